The number of benzene rings is 1. The first kappa shape index (κ1) is 25.6. The van der Waals surface area contributed by atoms with E-state index in [2.05, 4.69) is 20.3 Å². The third-order valence-corrected chi connectivity index (χ3v) is 6.78. The van der Waals surface area contributed by atoms with Crippen molar-refractivity contribution in [2.45, 2.75) is 32.0 Å². The van der Waals surface area contributed by atoms with Gasteiger partial charge in [0, 0.05) is 30.5 Å². The molecule has 4 aromatic rings. The van der Waals surface area contributed by atoms with Gasteiger partial charge in [-0.2, -0.15) is 4.98 Å². The molecule has 5 rings (SSSR count). The highest BCUT2D eigenvalue weighted by Crippen LogP contribution is 2.27. The molecule has 3 aromatic heterocycles. The molecule has 0 bridgehead atoms. The summed E-state index contributed by atoms with van der Waals surface area (Å²) < 4.78 is 6.68. The number of pyridine rings is 1. The van der Waals surface area contributed by atoms with Crippen molar-refractivity contribution in [1.82, 2.24) is 29.8 Å². The molecular weight excluding hydrogens is 510 g/mol. The minimum absolute atomic E-state index is 0.0111. The van der Waals surface area contributed by atoms with Crippen LogP contribution in [0, 0.1) is 0 Å². The molecule has 196 valence electrons. The lowest BCUT2D eigenvalue weighted by Crippen LogP contribution is -2.35. The Kier molecular flexibility index (Phi) is 7.47. The fourth-order valence-electron chi connectivity index (χ4n) is 4.55. The molecule has 0 saturated carbocycles. The first-order chi connectivity index (χ1) is 18.5. The number of halogens is 1. The van der Waals surface area contributed by atoms with Crippen molar-refractivity contribution < 1.29 is 14.6 Å². The summed E-state index contributed by atoms with van der Waals surface area (Å²) in [7, 11) is 1.53. The van der Waals surface area contributed by atoms with E-state index in [0.29, 0.717) is 40.1 Å². The van der Waals surface area contributed by atoms with E-state index in [-0.39, 0.29) is 31.3 Å². The van der Waals surface area contributed by atoms with Crippen molar-refractivity contribution in [2.24, 2.45) is 0 Å². The molecule has 4 heterocycles. The molecule has 1 fully saturated rings. The van der Waals surface area contributed by atoms with Crippen molar-refractivity contribution in [3.8, 4) is 5.75 Å². The number of carbonyl (C=O) groups is 1. The minimum Gasteiger partial charge on any atom is -0.495 e. The van der Waals surface area contributed by atoms with Crippen LogP contribution in [-0.4, -0.2) is 61.8 Å². The molecule has 0 aliphatic carbocycles. The number of nitrogens with one attached hydrogen (secondary N) is 1. The molecule has 1 atom stereocenters. The van der Waals surface area contributed by atoms with Crippen LogP contribution in [0.5, 0.6) is 5.75 Å². The predicted molar refractivity (Wildman–Crippen MR) is 142 cm³/mol. The molecule has 38 heavy (non-hydrogen) atoms. The van der Waals surface area contributed by atoms with Crippen molar-refractivity contribution in [1.29, 1.82) is 0 Å². The second-order valence-electron chi connectivity index (χ2n) is 8.89. The average molecular weight is 536 g/mol. The molecule has 2 N–H and O–H groups in total. The molecule has 0 spiro atoms. The van der Waals surface area contributed by atoms with Crippen LogP contribution in [0.4, 0.5) is 5.95 Å². The lowest BCUT2D eigenvalue weighted by molar-refractivity contribution is 0.0948. The third kappa shape index (κ3) is 5.15. The van der Waals surface area contributed by atoms with Gasteiger partial charge in [0.2, 0.25) is 5.95 Å². The number of anilines is 1. The maximum Gasteiger partial charge on any atom is 0.265 e. The zero-order valence-electron chi connectivity index (χ0n) is 20.7. The summed E-state index contributed by atoms with van der Waals surface area (Å²) in [6, 6.07) is 8.32. The molecule has 0 radical (unpaired) electrons. The van der Waals surface area contributed by atoms with Gasteiger partial charge in [-0.05, 0) is 42.7 Å². The van der Waals surface area contributed by atoms with Crippen LogP contribution < -0.4 is 20.5 Å². The quantitative estimate of drug-likeness (QED) is 0.348. The standard InChI is InChI=1S/C26H26ClN7O4/c1-38-21-6-5-16(10-20(21)27)14-34-23-17(12-31-26(32-23)33-9-2-4-18(33)15-35)11-19(25(34)37)24(36)30-13-22-28-7-3-8-29-22/h3,5-8,10-12,18,35H,2,4,9,13-15H2,1H3,(H,30,36)/t18-/m0/s1. The Labute approximate surface area is 223 Å². The van der Waals surface area contributed by atoms with Crippen LogP contribution >= 0.6 is 11.6 Å². The predicted octanol–water partition coefficient (Wildman–Crippen LogP) is 2.18. The number of aliphatic hydroxyl groups is 1. The molecule has 12 heteroatoms. The number of ether oxygens (including phenoxy) is 1. The second kappa shape index (κ2) is 11.1. The number of hydrogen-bond donors (Lipinski definition) is 2. The van der Waals surface area contributed by atoms with Gasteiger partial charge in [-0.15, -0.1) is 0 Å². The Morgan fingerprint density at radius 2 is 2.05 bits per heavy atom. The second-order valence-corrected chi connectivity index (χ2v) is 9.29. The van der Waals surface area contributed by atoms with Gasteiger partial charge in [-0.1, -0.05) is 17.7 Å². The highest BCUT2D eigenvalue weighted by molar-refractivity contribution is 6.32. The maximum absolute atomic E-state index is 13.7. The van der Waals surface area contributed by atoms with Crippen LogP contribution in [-0.2, 0) is 13.1 Å². The lowest BCUT2D eigenvalue weighted by atomic mass is 10.1. The lowest BCUT2D eigenvalue weighted by Gasteiger charge is -2.23. The van der Waals surface area contributed by atoms with Gasteiger partial charge < -0.3 is 20.1 Å². The van der Waals surface area contributed by atoms with Crippen LogP contribution in [0.25, 0.3) is 11.0 Å². The number of nitrogens with zero attached hydrogens (tertiary/aromatic N) is 6. The zero-order valence-corrected chi connectivity index (χ0v) is 21.4. The molecule has 1 aliphatic heterocycles. The molecule has 1 aromatic carbocycles. The fourth-order valence-corrected chi connectivity index (χ4v) is 4.83. The SMILES string of the molecule is COc1ccc(Cn2c(=O)c(C(=O)NCc3ncccn3)cc3cnc(N4CCC[C@H]4CO)nc32)cc1Cl. The van der Waals surface area contributed by atoms with E-state index in [9.17, 15) is 14.7 Å². The Hall–Kier alpha value is -4.09. The number of rotatable bonds is 8. The highest BCUT2D eigenvalue weighted by Gasteiger charge is 2.27. The number of amides is 1. The molecule has 1 amide bonds. The van der Waals surface area contributed by atoms with Gasteiger partial charge in [-0.3, -0.25) is 14.2 Å². The summed E-state index contributed by atoms with van der Waals surface area (Å²) in [4.78, 5) is 46.1. The molecule has 11 nitrogen and oxygen atoms in total. The summed E-state index contributed by atoms with van der Waals surface area (Å²) in [5.41, 5.74) is 0.530. The summed E-state index contributed by atoms with van der Waals surface area (Å²) in [5, 5.41) is 13.4. The van der Waals surface area contributed by atoms with E-state index in [1.807, 2.05) is 4.90 Å². The summed E-state index contributed by atoms with van der Waals surface area (Å²) >= 11 is 6.33. The molecule has 1 aliphatic rings. The number of aromatic nitrogens is 5. The van der Waals surface area contributed by atoms with E-state index in [0.717, 1.165) is 18.4 Å². The van der Waals surface area contributed by atoms with Gasteiger partial charge in [0.15, 0.2) is 0 Å². The minimum atomic E-state index is -0.560. The maximum atomic E-state index is 13.7. The Morgan fingerprint density at radius 3 is 2.79 bits per heavy atom. The summed E-state index contributed by atoms with van der Waals surface area (Å²) in [6.07, 6.45) is 6.49. The Balaban J connectivity index is 1.57. The van der Waals surface area contributed by atoms with Gasteiger partial charge in [0.05, 0.1) is 37.9 Å². The van der Waals surface area contributed by atoms with Crippen LogP contribution in [0.1, 0.15) is 34.6 Å². The Bertz CT molecular complexity index is 1530. The largest absolute Gasteiger partial charge is 0.495 e. The highest BCUT2D eigenvalue weighted by atomic mass is 35.5. The molecule has 1 saturated heterocycles. The van der Waals surface area contributed by atoms with Crippen LogP contribution in [0.15, 0.2) is 53.7 Å². The number of hydrogen-bond acceptors (Lipinski definition) is 9. The van der Waals surface area contributed by atoms with Crippen LogP contribution in [0.2, 0.25) is 5.02 Å². The zero-order chi connectivity index (χ0) is 26.6. The van der Waals surface area contributed by atoms with Gasteiger partial charge in [0.25, 0.3) is 11.5 Å². The van der Waals surface area contributed by atoms with E-state index >= 15 is 0 Å². The molecular formula is C26H26ClN7O4. The number of methoxy groups -OCH3 is 1. The van der Waals surface area contributed by atoms with Crippen molar-refractivity contribution in [3.63, 3.8) is 0 Å². The number of carbonyl (C=O) groups excluding carboxylic acids is 1. The topological polar surface area (TPSA) is 135 Å². The summed E-state index contributed by atoms with van der Waals surface area (Å²) in [5.74, 6) is 0.799. The first-order valence-corrected chi connectivity index (χ1v) is 12.5. The number of fused-ring (bicyclic) bond motifs is 1. The van der Waals surface area contributed by atoms with E-state index < -0.39 is 11.5 Å². The monoisotopic (exact) mass is 535 g/mol. The Morgan fingerprint density at radius 1 is 1.24 bits per heavy atom. The van der Waals surface area contributed by atoms with Crippen LogP contribution in [0.3, 0.4) is 0 Å². The first-order valence-electron chi connectivity index (χ1n) is 12.1. The smallest absolute Gasteiger partial charge is 0.265 e. The molecule has 0 unspecified atom stereocenters. The summed E-state index contributed by atoms with van der Waals surface area (Å²) in [6.45, 7) is 0.875. The average Bonchev–Trinajstić information content (AvgIpc) is 3.42. The normalized spacial score (nSPS) is 15.1. The van der Waals surface area contributed by atoms with E-state index in [4.69, 9.17) is 21.3 Å². The fraction of sp³-hybridized carbons (Fsp3) is 0.308. The van der Waals surface area contributed by atoms with E-state index in [1.165, 1.54) is 17.7 Å². The van der Waals surface area contributed by atoms with Crippen molar-refractivity contribution in [2.75, 3.05) is 25.2 Å². The van der Waals surface area contributed by atoms with Gasteiger partial charge in [-0.25, -0.2) is 15.0 Å². The van der Waals surface area contributed by atoms with Gasteiger partial charge in [0.1, 0.15) is 22.8 Å². The van der Waals surface area contributed by atoms with Gasteiger partial charge >= 0.3 is 0 Å². The van der Waals surface area contributed by atoms with E-state index in [1.54, 1.807) is 42.9 Å². The third-order valence-electron chi connectivity index (χ3n) is 6.49. The number of aliphatic hydroxyl groups excluding tert-OH is 1. The van der Waals surface area contributed by atoms with Crippen molar-refractivity contribution in [3.05, 3.63) is 81.3 Å². The van der Waals surface area contributed by atoms with Crippen molar-refractivity contribution >= 4 is 34.5 Å².